The first-order chi connectivity index (χ1) is 15.3. The van der Waals surface area contributed by atoms with Gasteiger partial charge in [0, 0.05) is 11.3 Å². The van der Waals surface area contributed by atoms with Gasteiger partial charge in [0.15, 0.2) is 12.4 Å². The van der Waals surface area contributed by atoms with Crippen molar-refractivity contribution in [2.45, 2.75) is 20.8 Å². The van der Waals surface area contributed by atoms with E-state index in [0.717, 1.165) is 16.7 Å². The van der Waals surface area contributed by atoms with Crippen LogP contribution in [-0.2, 0) is 4.79 Å². The number of amides is 1. The van der Waals surface area contributed by atoms with Crippen molar-refractivity contribution in [3.05, 3.63) is 92.6 Å². The minimum absolute atomic E-state index is 0.0512. The summed E-state index contributed by atoms with van der Waals surface area (Å²) >= 11 is 6.37. The van der Waals surface area contributed by atoms with Gasteiger partial charge in [-0.2, -0.15) is 0 Å². The van der Waals surface area contributed by atoms with E-state index >= 15 is 0 Å². The highest BCUT2D eigenvalue weighted by molar-refractivity contribution is 6.33. The summed E-state index contributed by atoms with van der Waals surface area (Å²) < 4.78 is 11.8. The second kappa shape index (κ2) is 8.89. The van der Waals surface area contributed by atoms with Crippen molar-refractivity contribution < 1.29 is 13.9 Å². The number of nitrogens with one attached hydrogen (secondary N) is 1. The Morgan fingerprint density at radius 1 is 1.00 bits per heavy atom. The molecule has 0 unspecified atom stereocenters. The van der Waals surface area contributed by atoms with E-state index in [0.29, 0.717) is 27.2 Å². The number of fused-ring (bicyclic) bond motifs is 1. The van der Waals surface area contributed by atoms with Gasteiger partial charge in [-0.15, -0.1) is 0 Å². The molecule has 1 amide bonds. The Kier molecular flexibility index (Phi) is 6.01. The third-order valence-electron chi connectivity index (χ3n) is 5.26. The number of hydrogen-bond donors (Lipinski definition) is 1. The first-order valence-electron chi connectivity index (χ1n) is 10.2. The molecular formula is C26H22ClNO4. The predicted molar refractivity (Wildman–Crippen MR) is 128 cm³/mol. The molecule has 1 aromatic heterocycles. The van der Waals surface area contributed by atoms with Crippen LogP contribution in [0.3, 0.4) is 0 Å². The molecule has 6 heteroatoms. The van der Waals surface area contributed by atoms with E-state index in [1.165, 1.54) is 0 Å². The van der Waals surface area contributed by atoms with Crippen LogP contribution < -0.4 is 15.5 Å². The SMILES string of the molecule is Cc1ccc2c(=O)c(OCC(=O)Nc3ccc(C)c(C)c3)c(-c3ccccc3Cl)oc2c1. The van der Waals surface area contributed by atoms with Crippen molar-refractivity contribution in [1.82, 2.24) is 0 Å². The van der Waals surface area contributed by atoms with Crippen LogP contribution in [0.2, 0.25) is 5.02 Å². The molecule has 0 atom stereocenters. The van der Waals surface area contributed by atoms with Crippen LogP contribution in [0.1, 0.15) is 16.7 Å². The molecule has 4 rings (SSSR count). The second-order valence-corrected chi connectivity index (χ2v) is 8.11. The zero-order valence-electron chi connectivity index (χ0n) is 18.0. The fourth-order valence-electron chi connectivity index (χ4n) is 3.39. The summed E-state index contributed by atoms with van der Waals surface area (Å²) in [6, 6.07) is 18.0. The number of anilines is 1. The average Bonchev–Trinajstić information content (AvgIpc) is 2.76. The molecule has 162 valence electrons. The van der Waals surface area contributed by atoms with Crippen molar-refractivity contribution in [3.63, 3.8) is 0 Å². The maximum atomic E-state index is 13.2. The minimum Gasteiger partial charge on any atom is -0.476 e. The van der Waals surface area contributed by atoms with Gasteiger partial charge in [0.1, 0.15) is 5.58 Å². The first kappa shape index (κ1) is 21.7. The van der Waals surface area contributed by atoms with Crippen LogP contribution in [0, 0.1) is 20.8 Å². The van der Waals surface area contributed by atoms with E-state index in [9.17, 15) is 9.59 Å². The molecule has 0 saturated carbocycles. The van der Waals surface area contributed by atoms with Crippen molar-refractivity contribution in [2.24, 2.45) is 0 Å². The van der Waals surface area contributed by atoms with Crippen molar-refractivity contribution in [2.75, 3.05) is 11.9 Å². The summed E-state index contributed by atoms with van der Waals surface area (Å²) in [6.45, 7) is 5.53. The van der Waals surface area contributed by atoms with Crippen molar-refractivity contribution in [3.8, 4) is 17.1 Å². The van der Waals surface area contributed by atoms with Gasteiger partial charge >= 0.3 is 0 Å². The Labute approximate surface area is 190 Å². The largest absolute Gasteiger partial charge is 0.476 e. The van der Waals surface area contributed by atoms with Crippen LogP contribution in [0.15, 0.2) is 69.9 Å². The molecule has 1 heterocycles. The number of hydrogen-bond acceptors (Lipinski definition) is 4. The van der Waals surface area contributed by atoms with Gasteiger partial charge < -0.3 is 14.5 Å². The minimum atomic E-state index is -0.387. The summed E-state index contributed by atoms with van der Waals surface area (Å²) in [7, 11) is 0. The van der Waals surface area contributed by atoms with Gasteiger partial charge in [-0.25, -0.2) is 0 Å². The number of carbonyl (C=O) groups excluding carboxylic acids is 1. The third kappa shape index (κ3) is 4.39. The molecular weight excluding hydrogens is 426 g/mol. The number of carbonyl (C=O) groups is 1. The molecule has 0 aliphatic heterocycles. The van der Waals surface area contributed by atoms with E-state index in [1.807, 2.05) is 45.0 Å². The highest BCUT2D eigenvalue weighted by Gasteiger charge is 2.20. The maximum Gasteiger partial charge on any atom is 0.262 e. The lowest BCUT2D eigenvalue weighted by Gasteiger charge is -2.13. The monoisotopic (exact) mass is 447 g/mol. The molecule has 1 N–H and O–H groups in total. The van der Waals surface area contributed by atoms with E-state index in [2.05, 4.69) is 5.32 Å². The van der Waals surface area contributed by atoms with Gasteiger partial charge in [0.25, 0.3) is 5.91 Å². The van der Waals surface area contributed by atoms with E-state index < -0.39 is 0 Å². The highest BCUT2D eigenvalue weighted by atomic mass is 35.5. The smallest absolute Gasteiger partial charge is 0.262 e. The molecule has 3 aromatic carbocycles. The predicted octanol–water partition coefficient (Wildman–Crippen LogP) is 6.06. The number of aryl methyl sites for hydroxylation is 3. The number of rotatable bonds is 5. The number of ether oxygens (including phenoxy) is 1. The molecule has 0 saturated heterocycles. The average molecular weight is 448 g/mol. The maximum absolute atomic E-state index is 13.2. The van der Waals surface area contributed by atoms with Gasteiger partial charge in [0.05, 0.1) is 10.4 Å². The fraction of sp³-hybridized carbons (Fsp3) is 0.154. The highest BCUT2D eigenvalue weighted by Crippen LogP contribution is 2.35. The fourth-order valence-corrected chi connectivity index (χ4v) is 3.61. The van der Waals surface area contributed by atoms with Crippen LogP contribution in [0.5, 0.6) is 5.75 Å². The standard InChI is InChI=1S/C26H22ClNO4/c1-15-8-11-20-22(12-15)32-25(19-6-4-5-7-21(19)27)26(24(20)30)31-14-23(29)28-18-10-9-16(2)17(3)13-18/h4-13H,14H2,1-3H3,(H,28,29). The molecule has 0 bridgehead atoms. The Balaban J connectivity index is 1.70. The first-order valence-corrected chi connectivity index (χ1v) is 10.5. The lowest BCUT2D eigenvalue weighted by Crippen LogP contribution is -2.22. The molecule has 5 nitrogen and oxygen atoms in total. The van der Waals surface area contributed by atoms with Crippen LogP contribution in [-0.4, -0.2) is 12.5 Å². The Hall–Kier alpha value is -3.57. The van der Waals surface area contributed by atoms with Gasteiger partial charge in [-0.3, -0.25) is 9.59 Å². The molecule has 0 fully saturated rings. The summed E-state index contributed by atoms with van der Waals surface area (Å²) in [4.78, 5) is 25.8. The molecule has 0 spiro atoms. The van der Waals surface area contributed by atoms with Crippen LogP contribution in [0.25, 0.3) is 22.3 Å². The molecule has 0 radical (unpaired) electrons. The number of halogens is 1. The zero-order valence-corrected chi connectivity index (χ0v) is 18.7. The molecule has 0 aliphatic rings. The second-order valence-electron chi connectivity index (χ2n) is 7.70. The molecule has 4 aromatic rings. The lowest BCUT2D eigenvalue weighted by atomic mass is 10.1. The normalized spacial score (nSPS) is 10.9. The van der Waals surface area contributed by atoms with Crippen LogP contribution >= 0.6 is 11.6 Å². The molecule has 32 heavy (non-hydrogen) atoms. The summed E-state index contributed by atoms with van der Waals surface area (Å²) in [5.41, 5.74) is 4.39. The van der Waals surface area contributed by atoms with Gasteiger partial charge in [-0.05, 0) is 73.9 Å². The topological polar surface area (TPSA) is 68.5 Å². The zero-order chi connectivity index (χ0) is 22.8. The Morgan fingerprint density at radius 2 is 1.78 bits per heavy atom. The van der Waals surface area contributed by atoms with Crippen LogP contribution in [0.4, 0.5) is 5.69 Å². The van der Waals surface area contributed by atoms with Crippen molar-refractivity contribution in [1.29, 1.82) is 0 Å². The van der Waals surface area contributed by atoms with E-state index in [-0.39, 0.29) is 29.5 Å². The third-order valence-corrected chi connectivity index (χ3v) is 5.59. The lowest BCUT2D eigenvalue weighted by molar-refractivity contribution is -0.118. The number of benzene rings is 3. The quantitative estimate of drug-likeness (QED) is 0.404. The van der Waals surface area contributed by atoms with Gasteiger partial charge in [-0.1, -0.05) is 35.9 Å². The van der Waals surface area contributed by atoms with E-state index in [4.69, 9.17) is 20.8 Å². The Morgan fingerprint density at radius 3 is 2.53 bits per heavy atom. The summed E-state index contributed by atoms with van der Waals surface area (Å²) in [6.07, 6.45) is 0. The summed E-state index contributed by atoms with van der Waals surface area (Å²) in [5.74, 6) is -0.246. The summed E-state index contributed by atoms with van der Waals surface area (Å²) in [5, 5.41) is 3.57. The van der Waals surface area contributed by atoms with E-state index in [1.54, 1.807) is 36.4 Å². The van der Waals surface area contributed by atoms with Gasteiger partial charge in [0.2, 0.25) is 11.2 Å². The molecule has 0 aliphatic carbocycles. The Bertz CT molecular complexity index is 1390. The van der Waals surface area contributed by atoms with Crippen molar-refractivity contribution >= 4 is 34.2 Å².